The molecule has 0 aliphatic heterocycles. The van der Waals surface area contributed by atoms with Gasteiger partial charge in [0.2, 0.25) is 11.2 Å². The molecule has 0 amide bonds. The Labute approximate surface area is 310 Å². The number of carbonyl (C=O) groups excluding carboxylic acids is 1. The van der Waals surface area contributed by atoms with E-state index in [1.54, 1.807) is 0 Å². The number of carbonyl (C=O) groups is 7. The van der Waals surface area contributed by atoms with Crippen molar-refractivity contribution in [2.24, 2.45) is 0 Å². The van der Waals surface area contributed by atoms with Crippen molar-refractivity contribution in [2.75, 3.05) is 0 Å². The van der Waals surface area contributed by atoms with Crippen LogP contribution in [-0.2, 0) is 38.2 Å². The van der Waals surface area contributed by atoms with Gasteiger partial charge in [-0.2, -0.15) is 0 Å². The van der Waals surface area contributed by atoms with Crippen LogP contribution in [0.1, 0.15) is 37.1 Å². The van der Waals surface area contributed by atoms with E-state index in [0.717, 1.165) is 0 Å². The molecule has 0 bridgehead atoms. The van der Waals surface area contributed by atoms with Crippen LogP contribution in [0.25, 0.3) is 0 Å². The van der Waals surface area contributed by atoms with Crippen molar-refractivity contribution < 1.29 is 85.1 Å². The largest absolute Gasteiger partial charge is 2.00 e. The Morgan fingerprint density at radius 1 is 0.500 bits per heavy atom. The van der Waals surface area contributed by atoms with Crippen LogP contribution in [0, 0.1) is 0 Å². The third-order valence-electron chi connectivity index (χ3n) is 3.08. The van der Waals surface area contributed by atoms with E-state index in [0.29, 0.717) is 0 Å². The van der Waals surface area contributed by atoms with E-state index < -0.39 is 78.9 Å². The molecule has 0 saturated heterocycles. The number of ether oxygens (including phenoxy) is 2. The van der Waals surface area contributed by atoms with Crippen LogP contribution in [0.3, 0.4) is 0 Å². The molecule has 0 aromatic heterocycles. The molecule has 0 spiro atoms. The molecule has 0 radical (unpaired) electrons. The normalized spacial score (nSPS) is 9.75. The zero-order valence-corrected chi connectivity index (χ0v) is 25.3. The summed E-state index contributed by atoms with van der Waals surface area (Å²) in [5.74, 6) is -12.2. The molecule has 0 aliphatic rings. The van der Waals surface area contributed by atoms with Gasteiger partial charge in [-0.3, -0.25) is 19.2 Å². The Balaban J connectivity index is -0.0000000552. The molecule has 0 aliphatic carbocycles. The molecular weight excluding hydrogens is 556 g/mol. The van der Waals surface area contributed by atoms with Gasteiger partial charge in [-0.25, -0.2) is 14.4 Å². The smallest absolute Gasteiger partial charge is 1.00 e. The van der Waals surface area contributed by atoms with E-state index in [1.807, 2.05) is 0 Å². The van der Waals surface area contributed by atoms with Gasteiger partial charge in [-0.05, 0) is 0 Å². The zero-order valence-electron chi connectivity index (χ0n) is 24.5. The summed E-state index contributed by atoms with van der Waals surface area (Å²) in [6, 6.07) is 0. The van der Waals surface area contributed by atoms with E-state index in [-0.39, 0.29) is 162 Å². The van der Waals surface area contributed by atoms with Gasteiger partial charge >= 0.3 is 193 Å². The minimum absolute atomic E-state index is 0. The van der Waals surface area contributed by atoms with Crippen molar-refractivity contribution in [1.29, 1.82) is 0 Å². The van der Waals surface area contributed by atoms with Crippen molar-refractivity contribution in [2.45, 2.75) is 36.9 Å². The molecule has 0 atom stereocenters. The van der Waals surface area contributed by atoms with Crippen molar-refractivity contribution in [3.05, 3.63) is 0 Å². The molecule has 19 heteroatoms. The van der Waals surface area contributed by atoms with E-state index in [2.05, 4.69) is 9.47 Å². The van der Waals surface area contributed by atoms with Crippen molar-refractivity contribution in [1.82, 2.24) is 0 Å². The van der Waals surface area contributed by atoms with E-state index in [9.17, 15) is 33.6 Å². The number of aliphatic carboxylic acids is 6. The summed E-state index contributed by atoms with van der Waals surface area (Å²) < 4.78 is 8.44. The standard InChI is InChI=1S/C13H14O15.4Ca.8H/c14-5(15)1-12(9(22)23,2-6(16)17)27-11(26)28-13(10(24)25,3-7(18)19)4-8(20)21;;;;;;;;;;;;/h1-4H2,(H,14,15)(H,16,17)(H,18,19)(H,20,21)(H,22,23)(H,24,25);;;;;;;;;;;;/q;4*+2;8*-1. The van der Waals surface area contributed by atoms with E-state index >= 15 is 0 Å². The topological polar surface area (TPSA) is 259 Å². The number of hydrogen-bond donors (Lipinski definition) is 6. The molecule has 0 aromatic carbocycles. The Morgan fingerprint density at radius 3 is 0.812 bits per heavy atom. The molecule has 0 heterocycles. The summed E-state index contributed by atoms with van der Waals surface area (Å²) in [5, 5.41) is 53.2. The maximum Gasteiger partial charge on any atom is 2.00 e. The molecule has 172 valence electrons. The van der Waals surface area contributed by atoms with Gasteiger partial charge in [0.1, 0.15) is 0 Å². The average molecular weight is 579 g/mol. The molecule has 15 nitrogen and oxygen atoms in total. The fourth-order valence-corrected chi connectivity index (χ4v) is 1.98. The molecular formula is C13H22Ca4O15. The van der Waals surface area contributed by atoms with Gasteiger partial charge in [0.05, 0.1) is 25.7 Å². The van der Waals surface area contributed by atoms with Crippen LogP contribution in [0.15, 0.2) is 0 Å². The van der Waals surface area contributed by atoms with Crippen molar-refractivity contribution >= 4 is 193 Å². The first-order valence-electron chi connectivity index (χ1n) is 6.92. The summed E-state index contributed by atoms with van der Waals surface area (Å²) in [4.78, 5) is 77.8. The summed E-state index contributed by atoms with van der Waals surface area (Å²) >= 11 is 0. The van der Waals surface area contributed by atoms with Gasteiger partial charge in [-0.15, -0.1) is 0 Å². The quantitative estimate of drug-likeness (QED) is 0.109. The fraction of sp³-hybridized carbons (Fsp3) is 0.462. The summed E-state index contributed by atoms with van der Waals surface area (Å²) in [6.45, 7) is 0. The Bertz CT molecular complexity index is 661. The predicted octanol–water partition coefficient (Wildman–Crippen LogP) is -1.94. The van der Waals surface area contributed by atoms with Crippen LogP contribution in [-0.4, -0.2) is 235 Å². The van der Waals surface area contributed by atoms with Crippen molar-refractivity contribution in [3.8, 4) is 0 Å². The third-order valence-corrected chi connectivity index (χ3v) is 3.08. The van der Waals surface area contributed by atoms with E-state index in [1.165, 1.54) is 0 Å². The molecule has 0 saturated carbocycles. The van der Waals surface area contributed by atoms with Crippen LogP contribution >= 0.6 is 0 Å². The van der Waals surface area contributed by atoms with Crippen LogP contribution in [0.4, 0.5) is 4.79 Å². The fourth-order valence-electron chi connectivity index (χ4n) is 1.98. The Hall–Kier alpha value is 1.13. The van der Waals surface area contributed by atoms with Gasteiger partial charge in [-0.1, -0.05) is 0 Å². The first-order valence-corrected chi connectivity index (χ1v) is 6.92. The second-order valence-electron chi connectivity index (χ2n) is 5.34. The number of rotatable bonds is 12. The molecule has 0 fully saturated rings. The van der Waals surface area contributed by atoms with Gasteiger partial charge < -0.3 is 51.5 Å². The molecule has 0 unspecified atom stereocenters. The first kappa shape index (κ1) is 43.2. The Morgan fingerprint density at radius 2 is 0.688 bits per heavy atom. The van der Waals surface area contributed by atoms with E-state index in [4.69, 9.17) is 30.6 Å². The summed E-state index contributed by atoms with van der Waals surface area (Å²) in [6.07, 6.45) is -8.62. The number of carboxylic acids is 6. The number of carboxylic acid groups (broad SMARTS) is 6. The molecule has 6 N–H and O–H groups in total. The summed E-state index contributed by atoms with van der Waals surface area (Å²) in [7, 11) is 0. The van der Waals surface area contributed by atoms with Crippen LogP contribution in [0.5, 0.6) is 0 Å². The average Bonchev–Trinajstić information content (AvgIpc) is 2.42. The molecule has 0 rings (SSSR count). The number of hydrogen-bond acceptors (Lipinski definition) is 9. The van der Waals surface area contributed by atoms with Gasteiger partial charge in [0, 0.05) is 0 Å². The zero-order chi connectivity index (χ0) is 22.3. The SMILES string of the molecule is O=C(O)CC(CC(=O)O)(OC(=O)OC(CC(=O)O)(CC(=O)O)C(=O)O)C(=O)O.[Ca+2].[Ca+2].[Ca+2].[Ca+2].[H-].[H-].[H-].[H-].[H-].[H-].[H-].[H-]. The maximum absolute atomic E-state index is 11.9. The first-order chi connectivity index (χ1) is 12.7. The predicted molar refractivity (Wildman–Crippen MR) is 109 cm³/mol. The minimum atomic E-state index is -3.24. The monoisotopic (exact) mass is 578 g/mol. The van der Waals surface area contributed by atoms with Crippen molar-refractivity contribution in [3.63, 3.8) is 0 Å². The Kier molecular flexibility index (Phi) is 26.1. The van der Waals surface area contributed by atoms with Gasteiger partial charge in [0.25, 0.3) is 0 Å². The molecule has 32 heavy (non-hydrogen) atoms. The van der Waals surface area contributed by atoms with Crippen LogP contribution in [0.2, 0.25) is 0 Å². The minimum Gasteiger partial charge on any atom is -1.00 e. The van der Waals surface area contributed by atoms with Gasteiger partial charge in [0.15, 0.2) is 0 Å². The maximum atomic E-state index is 11.9. The third kappa shape index (κ3) is 15.2. The second kappa shape index (κ2) is 19.3. The van der Waals surface area contributed by atoms with Crippen LogP contribution < -0.4 is 0 Å². The molecule has 0 aromatic rings. The summed E-state index contributed by atoms with van der Waals surface area (Å²) in [5.41, 5.74) is -6.49. The second-order valence-corrected chi connectivity index (χ2v) is 5.34.